The van der Waals surface area contributed by atoms with Crippen LogP contribution in [-0.4, -0.2) is 33.9 Å². The van der Waals surface area contributed by atoms with Crippen molar-refractivity contribution in [3.05, 3.63) is 47.0 Å². The summed E-state index contributed by atoms with van der Waals surface area (Å²) in [6, 6.07) is 5.00. The average Bonchev–Trinajstić information content (AvgIpc) is 2.69. The highest BCUT2D eigenvalue weighted by Crippen LogP contribution is 2.21. The molecule has 0 radical (unpaired) electrons. The van der Waals surface area contributed by atoms with Crippen molar-refractivity contribution in [2.24, 2.45) is 0 Å². The summed E-state index contributed by atoms with van der Waals surface area (Å²) in [5.41, 5.74) is 2.72. The maximum atomic E-state index is 14.1. The zero-order valence-electron chi connectivity index (χ0n) is 11.4. The number of hydrogen-bond acceptors (Lipinski definition) is 3. The van der Waals surface area contributed by atoms with E-state index in [1.165, 1.54) is 10.7 Å². The summed E-state index contributed by atoms with van der Waals surface area (Å²) in [7, 11) is 3.87. The molecule has 0 fully saturated rings. The van der Waals surface area contributed by atoms with Gasteiger partial charge in [-0.2, -0.15) is 5.10 Å². The van der Waals surface area contributed by atoms with Crippen molar-refractivity contribution in [1.82, 2.24) is 14.7 Å². The Hall–Kier alpha value is -1.72. The third-order valence-electron chi connectivity index (χ3n) is 2.96. The minimum absolute atomic E-state index is 0.0939. The Labute approximate surface area is 112 Å². The first-order valence-electron chi connectivity index (χ1n) is 6.11. The van der Waals surface area contributed by atoms with E-state index in [-0.39, 0.29) is 12.4 Å². The normalized spacial score (nSPS) is 11.3. The number of aromatic nitrogens is 2. The molecule has 0 aliphatic carbocycles. The van der Waals surface area contributed by atoms with Gasteiger partial charge < -0.3 is 10.0 Å². The summed E-state index contributed by atoms with van der Waals surface area (Å²) in [5.74, 6) is -0.314. The van der Waals surface area contributed by atoms with Gasteiger partial charge in [-0.05, 0) is 32.6 Å². The van der Waals surface area contributed by atoms with E-state index in [9.17, 15) is 9.50 Å². The fourth-order valence-electron chi connectivity index (χ4n) is 2.05. The molecule has 0 spiro atoms. The number of hydrogen-bond donors (Lipinski definition) is 1. The Balaban J connectivity index is 2.53. The standard InChI is InChI=1S/C14H18FN3O/c1-10-12(9-19)8-18(16-10)14-11(7-17(2)3)5-4-6-13(14)15/h4-6,8,19H,7,9H2,1-3H3. The fraction of sp³-hybridized carbons (Fsp3) is 0.357. The van der Waals surface area contributed by atoms with Crippen LogP contribution in [0.3, 0.4) is 0 Å². The Morgan fingerprint density at radius 1 is 1.32 bits per heavy atom. The summed E-state index contributed by atoms with van der Waals surface area (Å²) in [6.07, 6.45) is 1.67. The molecule has 0 atom stereocenters. The quantitative estimate of drug-likeness (QED) is 0.915. The van der Waals surface area contributed by atoms with Crippen molar-refractivity contribution in [2.45, 2.75) is 20.1 Å². The van der Waals surface area contributed by atoms with E-state index in [0.29, 0.717) is 23.5 Å². The van der Waals surface area contributed by atoms with Gasteiger partial charge in [0.25, 0.3) is 0 Å². The van der Waals surface area contributed by atoms with Crippen molar-refractivity contribution in [3.8, 4) is 5.69 Å². The smallest absolute Gasteiger partial charge is 0.149 e. The molecule has 0 aliphatic heterocycles. The molecule has 0 unspecified atom stereocenters. The van der Waals surface area contributed by atoms with E-state index < -0.39 is 0 Å². The molecule has 2 rings (SSSR count). The van der Waals surface area contributed by atoms with Crippen molar-refractivity contribution < 1.29 is 9.50 Å². The number of aliphatic hydroxyl groups excluding tert-OH is 1. The van der Waals surface area contributed by atoms with E-state index >= 15 is 0 Å². The molecule has 0 saturated carbocycles. The van der Waals surface area contributed by atoms with Crippen LogP contribution in [0.4, 0.5) is 4.39 Å². The molecular weight excluding hydrogens is 245 g/mol. The largest absolute Gasteiger partial charge is 0.392 e. The summed E-state index contributed by atoms with van der Waals surface area (Å²) in [5, 5.41) is 13.5. The van der Waals surface area contributed by atoms with Crippen LogP contribution in [0.25, 0.3) is 5.69 Å². The van der Waals surface area contributed by atoms with Gasteiger partial charge in [-0.3, -0.25) is 0 Å². The van der Waals surface area contributed by atoms with Crippen LogP contribution in [0.1, 0.15) is 16.8 Å². The van der Waals surface area contributed by atoms with E-state index in [4.69, 9.17) is 0 Å². The number of aryl methyl sites for hydroxylation is 1. The van der Waals surface area contributed by atoms with Gasteiger partial charge in [0.15, 0.2) is 0 Å². The van der Waals surface area contributed by atoms with E-state index in [1.54, 1.807) is 19.2 Å². The first-order valence-corrected chi connectivity index (χ1v) is 6.11. The van der Waals surface area contributed by atoms with Crippen molar-refractivity contribution in [1.29, 1.82) is 0 Å². The minimum atomic E-state index is -0.314. The van der Waals surface area contributed by atoms with Crippen molar-refractivity contribution in [2.75, 3.05) is 14.1 Å². The van der Waals surface area contributed by atoms with E-state index in [1.807, 2.05) is 25.1 Å². The molecule has 5 heteroatoms. The van der Waals surface area contributed by atoms with Gasteiger partial charge in [-0.1, -0.05) is 12.1 Å². The molecule has 0 aliphatic rings. The lowest BCUT2D eigenvalue weighted by molar-refractivity contribution is 0.281. The number of halogens is 1. The predicted molar refractivity (Wildman–Crippen MR) is 71.6 cm³/mol. The zero-order valence-corrected chi connectivity index (χ0v) is 11.4. The van der Waals surface area contributed by atoms with Crippen LogP contribution in [-0.2, 0) is 13.2 Å². The highest BCUT2D eigenvalue weighted by Gasteiger charge is 2.14. The highest BCUT2D eigenvalue weighted by atomic mass is 19.1. The average molecular weight is 263 g/mol. The van der Waals surface area contributed by atoms with Gasteiger partial charge in [0, 0.05) is 18.3 Å². The number of benzene rings is 1. The summed E-state index contributed by atoms with van der Waals surface area (Å²) < 4.78 is 15.6. The molecule has 1 aromatic heterocycles. The van der Waals surface area contributed by atoms with Crippen molar-refractivity contribution >= 4 is 0 Å². The molecule has 0 amide bonds. The van der Waals surface area contributed by atoms with Crippen LogP contribution in [0, 0.1) is 12.7 Å². The minimum Gasteiger partial charge on any atom is -0.392 e. The zero-order chi connectivity index (χ0) is 14.0. The Morgan fingerprint density at radius 2 is 2.05 bits per heavy atom. The molecule has 2 aromatic rings. The van der Waals surface area contributed by atoms with Crippen LogP contribution in [0.15, 0.2) is 24.4 Å². The molecule has 19 heavy (non-hydrogen) atoms. The monoisotopic (exact) mass is 263 g/mol. The first-order chi connectivity index (χ1) is 9.02. The Kier molecular flexibility index (Phi) is 3.97. The molecule has 0 bridgehead atoms. The van der Waals surface area contributed by atoms with Crippen molar-refractivity contribution in [3.63, 3.8) is 0 Å². The van der Waals surface area contributed by atoms with Crippen LogP contribution >= 0.6 is 0 Å². The third-order valence-corrected chi connectivity index (χ3v) is 2.96. The Morgan fingerprint density at radius 3 is 2.63 bits per heavy atom. The molecular formula is C14H18FN3O. The van der Waals surface area contributed by atoms with E-state index in [2.05, 4.69) is 5.10 Å². The molecule has 1 aromatic carbocycles. The fourth-order valence-corrected chi connectivity index (χ4v) is 2.05. The maximum Gasteiger partial charge on any atom is 0.149 e. The van der Waals surface area contributed by atoms with Gasteiger partial charge in [-0.25, -0.2) is 9.07 Å². The molecule has 4 nitrogen and oxygen atoms in total. The number of rotatable bonds is 4. The topological polar surface area (TPSA) is 41.3 Å². The number of nitrogens with zero attached hydrogens (tertiary/aromatic N) is 3. The lowest BCUT2D eigenvalue weighted by Gasteiger charge is -2.14. The van der Waals surface area contributed by atoms with Crippen LogP contribution in [0.2, 0.25) is 0 Å². The predicted octanol–water partition coefficient (Wildman–Crippen LogP) is 1.87. The van der Waals surface area contributed by atoms with Gasteiger partial charge >= 0.3 is 0 Å². The highest BCUT2D eigenvalue weighted by molar-refractivity contribution is 5.42. The Bertz CT molecular complexity index is 578. The number of para-hydroxylation sites is 1. The van der Waals surface area contributed by atoms with Crippen LogP contribution in [0.5, 0.6) is 0 Å². The van der Waals surface area contributed by atoms with E-state index in [0.717, 1.165) is 5.56 Å². The third kappa shape index (κ3) is 2.83. The van der Waals surface area contributed by atoms with Crippen LogP contribution < -0.4 is 0 Å². The first kappa shape index (κ1) is 13.7. The maximum absolute atomic E-state index is 14.1. The van der Waals surface area contributed by atoms with Gasteiger partial charge in [0.1, 0.15) is 11.5 Å². The second-order valence-corrected chi connectivity index (χ2v) is 4.83. The summed E-state index contributed by atoms with van der Waals surface area (Å²) in [6.45, 7) is 2.33. The SMILES string of the molecule is Cc1nn(-c2c(F)cccc2CN(C)C)cc1CO. The lowest BCUT2D eigenvalue weighted by Crippen LogP contribution is -2.14. The molecule has 102 valence electrons. The summed E-state index contributed by atoms with van der Waals surface area (Å²) in [4.78, 5) is 1.97. The van der Waals surface area contributed by atoms with Gasteiger partial charge in [0.2, 0.25) is 0 Å². The number of aliphatic hydroxyl groups is 1. The summed E-state index contributed by atoms with van der Waals surface area (Å²) >= 11 is 0. The lowest BCUT2D eigenvalue weighted by atomic mass is 10.1. The molecule has 1 heterocycles. The van der Waals surface area contributed by atoms with Gasteiger partial charge in [-0.15, -0.1) is 0 Å². The molecule has 1 N–H and O–H groups in total. The molecule has 0 saturated heterocycles. The second-order valence-electron chi connectivity index (χ2n) is 4.83. The van der Waals surface area contributed by atoms with Gasteiger partial charge in [0.05, 0.1) is 12.3 Å². The second kappa shape index (κ2) is 5.50.